The van der Waals surface area contributed by atoms with Crippen molar-refractivity contribution in [3.05, 3.63) is 35.9 Å². The summed E-state index contributed by atoms with van der Waals surface area (Å²) in [6, 6.07) is 8.60. The number of benzene rings is 1. The fraction of sp³-hybridized carbons (Fsp3) is 0.556. The van der Waals surface area contributed by atoms with Gasteiger partial charge in [-0.3, -0.25) is 4.79 Å². The van der Waals surface area contributed by atoms with Crippen LogP contribution in [0.15, 0.2) is 30.3 Å². The van der Waals surface area contributed by atoms with Crippen molar-refractivity contribution in [3.8, 4) is 0 Å². The van der Waals surface area contributed by atoms with Gasteiger partial charge in [-0.25, -0.2) is 4.79 Å². The molecule has 0 aromatic heterocycles. The van der Waals surface area contributed by atoms with Crippen LogP contribution in [-0.4, -0.2) is 64.0 Å². The second-order valence-corrected chi connectivity index (χ2v) is 8.68. The van der Waals surface area contributed by atoms with Crippen LogP contribution in [0.4, 0.5) is 0 Å². The van der Waals surface area contributed by atoms with Gasteiger partial charge in [0.05, 0.1) is 4.75 Å². The zero-order valence-electron chi connectivity index (χ0n) is 14.3. The van der Waals surface area contributed by atoms with Crippen molar-refractivity contribution in [2.75, 3.05) is 20.1 Å². The number of likely N-dealkylation sites (tertiary alicyclic amines) is 1. The molecule has 134 valence electrons. The molecule has 6 nitrogen and oxygen atoms in total. The summed E-state index contributed by atoms with van der Waals surface area (Å²) in [6.07, 6.45) is 1.73. The van der Waals surface area contributed by atoms with E-state index in [0.717, 1.165) is 31.5 Å². The van der Waals surface area contributed by atoms with E-state index in [4.69, 9.17) is 10.5 Å². The fourth-order valence-corrected chi connectivity index (χ4v) is 5.84. The second kappa shape index (κ2) is 6.30. The molecule has 3 heterocycles. The Hall–Kier alpha value is -1.57. The summed E-state index contributed by atoms with van der Waals surface area (Å²) < 4.78 is 5.33. The molecule has 0 radical (unpaired) electrons. The first kappa shape index (κ1) is 16.9. The number of carbonyl (C=O) groups excluding carboxylic acids is 2. The Morgan fingerprint density at radius 1 is 1.32 bits per heavy atom. The van der Waals surface area contributed by atoms with Crippen LogP contribution >= 0.6 is 11.8 Å². The Morgan fingerprint density at radius 2 is 2.00 bits per heavy atom. The number of thioether (sulfide) groups is 1. The van der Waals surface area contributed by atoms with E-state index in [9.17, 15) is 9.59 Å². The molecule has 2 N–H and O–H groups in total. The number of nitrogens with two attached hydrogens (primary N) is 1. The average molecular weight is 361 g/mol. The van der Waals surface area contributed by atoms with Crippen molar-refractivity contribution in [3.63, 3.8) is 0 Å². The van der Waals surface area contributed by atoms with Crippen LogP contribution in [0, 0.1) is 0 Å². The lowest BCUT2D eigenvalue weighted by molar-refractivity contribution is -0.164. The van der Waals surface area contributed by atoms with Crippen LogP contribution in [0.25, 0.3) is 0 Å². The standard InChI is InChI=1S/C18H23N3O3S/c1-20-9-7-18(8-10-20)14(21-15(22)13(19)16(21)25-18)17(23)24-11-12-5-3-2-4-6-12/h2-6,13-14,16H,7-11,19H2,1H3/t13?,14?,16-/m1/s1. The highest BCUT2D eigenvalue weighted by atomic mass is 32.2. The molecule has 7 heteroatoms. The number of nitrogens with zero attached hydrogens (tertiary/aromatic N) is 2. The maximum Gasteiger partial charge on any atom is 0.330 e. The van der Waals surface area contributed by atoms with Gasteiger partial charge in [-0.2, -0.15) is 0 Å². The molecule has 3 aliphatic heterocycles. The second-order valence-electron chi connectivity index (χ2n) is 7.14. The van der Waals surface area contributed by atoms with Crippen molar-refractivity contribution < 1.29 is 14.3 Å². The minimum absolute atomic E-state index is 0.0924. The molecule has 1 aromatic carbocycles. The molecule has 0 saturated carbocycles. The van der Waals surface area contributed by atoms with Crippen molar-refractivity contribution >= 4 is 23.6 Å². The van der Waals surface area contributed by atoms with Crippen LogP contribution in [0.3, 0.4) is 0 Å². The SMILES string of the molecule is CN1CCC2(CC1)S[C@@H]1C(N)C(=O)N1C2C(=O)OCc1ccccc1. The lowest BCUT2D eigenvalue weighted by Gasteiger charge is -2.43. The Bertz CT molecular complexity index is 675. The topological polar surface area (TPSA) is 75.9 Å². The largest absolute Gasteiger partial charge is 0.459 e. The quantitative estimate of drug-likeness (QED) is 0.634. The summed E-state index contributed by atoms with van der Waals surface area (Å²) >= 11 is 1.71. The zero-order chi connectivity index (χ0) is 17.6. The van der Waals surface area contributed by atoms with Crippen LogP contribution in [0.5, 0.6) is 0 Å². The third-order valence-corrected chi connectivity index (χ3v) is 7.40. The number of rotatable bonds is 3. The molecule has 0 bridgehead atoms. The van der Waals surface area contributed by atoms with Gasteiger partial charge in [0.25, 0.3) is 0 Å². The molecule has 3 aliphatic rings. The number of ether oxygens (including phenoxy) is 1. The van der Waals surface area contributed by atoms with Gasteiger partial charge in [0.1, 0.15) is 24.1 Å². The molecule has 1 spiro atoms. The first-order valence-electron chi connectivity index (χ1n) is 8.66. The van der Waals surface area contributed by atoms with Gasteiger partial charge in [0.15, 0.2) is 0 Å². The van der Waals surface area contributed by atoms with Crippen LogP contribution in [-0.2, 0) is 20.9 Å². The van der Waals surface area contributed by atoms with Crippen molar-refractivity contribution in [1.29, 1.82) is 0 Å². The van der Waals surface area contributed by atoms with Gasteiger partial charge >= 0.3 is 5.97 Å². The first-order valence-corrected chi connectivity index (χ1v) is 9.54. The van der Waals surface area contributed by atoms with E-state index in [-0.39, 0.29) is 28.6 Å². The summed E-state index contributed by atoms with van der Waals surface area (Å²) in [7, 11) is 2.08. The monoisotopic (exact) mass is 361 g/mol. The molecular weight excluding hydrogens is 338 g/mol. The van der Waals surface area contributed by atoms with E-state index >= 15 is 0 Å². The average Bonchev–Trinajstić information content (AvgIpc) is 2.94. The lowest BCUT2D eigenvalue weighted by Crippen LogP contribution is -2.69. The van der Waals surface area contributed by atoms with E-state index < -0.39 is 12.1 Å². The third kappa shape index (κ3) is 2.74. The molecule has 4 rings (SSSR count). The van der Waals surface area contributed by atoms with E-state index in [1.807, 2.05) is 30.3 Å². The number of hydrogen-bond acceptors (Lipinski definition) is 6. The molecule has 3 atom stereocenters. The number of carbonyl (C=O) groups is 2. The lowest BCUT2D eigenvalue weighted by atomic mass is 9.85. The Labute approximate surface area is 151 Å². The van der Waals surface area contributed by atoms with Gasteiger partial charge in [0, 0.05) is 0 Å². The Morgan fingerprint density at radius 3 is 2.68 bits per heavy atom. The third-order valence-electron chi connectivity index (χ3n) is 5.53. The van der Waals surface area contributed by atoms with E-state index in [2.05, 4.69) is 11.9 Å². The van der Waals surface area contributed by atoms with Crippen LogP contribution in [0.1, 0.15) is 18.4 Å². The minimum Gasteiger partial charge on any atom is -0.459 e. The smallest absolute Gasteiger partial charge is 0.330 e. The van der Waals surface area contributed by atoms with Gasteiger partial charge < -0.3 is 20.3 Å². The summed E-state index contributed by atoms with van der Waals surface area (Å²) in [5.74, 6) is -0.432. The van der Waals surface area contributed by atoms with Gasteiger partial charge in [-0.05, 0) is 38.5 Å². The van der Waals surface area contributed by atoms with Crippen molar-refractivity contribution in [2.45, 2.75) is 41.7 Å². The summed E-state index contributed by atoms with van der Waals surface area (Å²) in [6.45, 7) is 2.06. The Kier molecular flexibility index (Phi) is 4.25. The first-order chi connectivity index (χ1) is 12.0. The highest BCUT2D eigenvalue weighted by molar-refractivity contribution is 8.01. The molecule has 3 saturated heterocycles. The molecule has 3 fully saturated rings. The fourth-order valence-electron chi connectivity index (χ4n) is 4.00. The maximum absolute atomic E-state index is 12.9. The zero-order valence-corrected chi connectivity index (χ0v) is 15.1. The normalized spacial score (nSPS) is 30.9. The summed E-state index contributed by atoms with van der Waals surface area (Å²) in [4.78, 5) is 29.2. The number of piperidine rings is 1. The predicted molar refractivity (Wildman–Crippen MR) is 95.7 cm³/mol. The molecular formula is C18H23N3O3S. The van der Waals surface area contributed by atoms with Crippen LogP contribution in [0.2, 0.25) is 0 Å². The number of hydrogen-bond donors (Lipinski definition) is 1. The van der Waals surface area contributed by atoms with Crippen LogP contribution < -0.4 is 5.73 Å². The summed E-state index contributed by atoms with van der Waals surface area (Å²) in [5, 5.41) is -0.0924. The number of β-lactam (4-membered cyclic amide) rings is 1. The van der Waals surface area contributed by atoms with Crippen molar-refractivity contribution in [2.24, 2.45) is 5.73 Å². The number of amides is 1. The minimum atomic E-state index is -0.521. The highest BCUT2D eigenvalue weighted by Crippen LogP contribution is 2.55. The van der Waals surface area contributed by atoms with E-state index in [0.29, 0.717) is 0 Å². The van der Waals surface area contributed by atoms with Gasteiger partial charge in [-0.15, -0.1) is 11.8 Å². The van der Waals surface area contributed by atoms with Gasteiger partial charge in [-0.1, -0.05) is 30.3 Å². The van der Waals surface area contributed by atoms with Crippen molar-refractivity contribution in [1.82, 2.24) is 9.80 Å². The predicted octanol–water partition coefficient (Wildman–Crippen LogP) is 0.805. The van der Waals surface area contributed by atoms with Gasteiger partial charge in [0.2, 0.25) is 5.91 Å². The molecule has 1 amide bonds. The maximum atomic E-state index is 12.9. The molecule has 2 unspecified atom stereocenters. The Balaban J connectivity index is 1.53. The number of esters is 1. The summed E-state index contributed by atoms with van der Waals surface area (Å²) in [5.41, 5.74) is 6.92. The van der Waals surface area contributed by atoms with E-state index in [1.54, 1.807) is 16.7 Å². The molecule has 0 aliphatic carbocycles. The van der Waals surface area contributed by atoms with E-state index in [1.165, 1.54) is 0 Å². The number of fused-ring (bicyclic) bond motifs is 1. The highest BCUT2D eigenvalue weighted by Gasteiger charge is 2.66. The molecule has 1 aromatic rings. The molecule has 25 heavy (non-hydrogen) atoms.